The summed E-state index contributed by atoms with van der Waals surface area (Å²) in [6.45, 7) is 0.246. The monoisotopic (exact) mass is 409 g/mol. The number of nitrogens with one attached hydrogen (secondary N) is 1. The number of phenols is 1. The maximum Gasteiger partial charge on any atom is 0.411 e. The Bertz CT molecular complexity index is 941. The molecular weight excluding hydrogens is 394 g/mol. The van der Waals surface area contributed by atoms with Crippen molar-refractivity contribution in [2.45, 2.75) is 5.92 Å². The van der Waals surface area contributed by atoms with Crippen LogP contribution in [0.5, 0.6) is 5.75 Å². The van der Waals surface area contributed by atoms with E-state index < -0.39 is 6.09 Å². The number of anilines is 1. The van der Waals surface area contributed by atoms with E-state index >= 15 is 0 Å². The fourth-order valence-electron chi connectivity index (χ4n) is 3.35. The lowest BCUT2D eigenvalue weighted by atomic mass is 9.98. The number of benzene rings is 3. The third kappa shape index (κ3) is 3.06. The van der Waals surface area contributed by atoms with E-state index in [2.05, 4.69) is 45.5 Å². The fourth-order valence-corrected chi connectivity index (χ4v) is 3.70. The summed E-state index contributed by atoms with van der Waals surface area (Å²) in [7, 11) is 0. The lowest BCUT2D eigenvalue weighted by molar-refractivity contribution is 0.158. The number of amides is 1. The molecule has 4 rings (SSSR count). The number of fused-ring (bicyclic) bond motifs is 3. The van der Waals surface area contributed by atoms with Crippen LogP contribution in [0.3, 0.4) is 0 Å². The summed E-state index contributed by atoms with van der Waals surface area (Å²) in [5.74, 6) is 0.0860. The van der Waals surface area contributed by atoms with E-state index in [4.69, 9.17) is 4.74 Å². The van der Waals surface area contributed by atoms with Crippen molar-refractivity contribution >= 4 is 27.7 Å². The highest BCUT2D eigenvalue weighted by Gasteiger charge is 2.29. The van der Waals surface area contributed by atoms with Crippen molar-refractivity contribution in [3.8, 4) is 16.9 Å². The molecule has 0 bridgehead atoms. The highest BCUT2D eigenvalue weighted by atomic mass is 79.9. The molecule has 0 aliphatic heterocycles. The van der Waals surface area contributed by atoms with Crippen LogP contribution in [0.2, 0.25) is 0 Å². The average molecular weight is 410 g/mol. The van der Waals surface area contributed by atoms with Gasteiger partial charge in [-0.25, -0.2) is 4.79 Å². The van der Waals surface area contributed by atoms with Gasteiger partial charge in [0.2, 0.25) is 0 Å². The van der Waals surface area contributed by atoms with Gasteiger partial charge < -0.3 is 9.84 Å². The Hall–Kier alpha value is -2.79. The molecule has 2 N–H and O–H groups in total. The van der Waals surface area contributed by atoms with Gasteiger partial charge in [-0.05, 0) is 50.3 Å². The van der Waals surface area contributed by atoms with E-state index in [1.165, 1.54) is 34.4 Å². The number of phenolic OH excluding ortho intramolecular Hbond substituents is 1. The topological polar surface area (TPSA) is 58.6 Å². The molecule has 3 aromatic carbocycles. The average Bonchev–Trinajstić information content (AvgIpc) is 2.97. The summed E-state index contributed by atoms with van der Waals surface area (Å²) in [4.78, 5) is 12.2. The van der Waals surface area contributed by atoms with Crippen LogP contribution in [-0.2, 0) is 4.74 Å². The van der Waals surface area contributed by atoms with Crippen LogP contribution in [-0.4, -0.2) is 17.8 Å². The zero-order valence-corrected chi connectivity index (χ0v) is 15.4. The zero-order chi connectivity index (χ0) is 18.1. The van der Waals surface area contributed by atoms with Crippen molar-refractivity contribution in [1.29, 1.82) is 0 Å². The first kappa shape index (κ1) is 16.7. The van der Waals surface area contributed by atoms with E-state index in [9.17, 15) is 9.90 Å². The Labute approximate surface area is 159 Å². The van der Waals surface area contributed by atoms with Gasteiger partial charge in [-0.15, -0.1) is 0 Å². The van der Waals surface area contributed by atoms with Crippen LogP contribution in [0.1, 0.15) is 17.0 Å². The minimum Gasteiger partial charge on any atom is -0.508 e. The molecule has 0 radical (unpaired) electrons. The Kier molecular flexibility index (Phi) is 4.39. The predicted molar refractivity (Wildman–Crippen MR) is 104 cm³/mol. The first-order chi connectivity index (χ1) is 12.6. The van der Waals surface area contributed by atoms with Crippen molar-refractivity contribution in [3.63, 3.8) is 0 Å². The smallest absolute Gasteiger partial charge is 0.411 e. The third-order valence-electron chi connectivity index (χ3n) is 4.53. The zero-order valence-electron chi connectivity index (χ0n) is 13.8. The van der Waals surface area contributed by atoms with Crippen LogP contribution in [0.25, 0.3) is 11.1 Å². The van der Waals surface area contributed by atoms with Crippen LogP contribution < -0.4 is 5.32 Å². The molecule has 1 aliphatic carbocycles. The first-order valence-corrected chi connectivity index (χ1v) is 9.03. The fraction of sp³-hybridized carbons (Fsp3) is 0.0952. The van der Waals surface area contributed by atoms with Crippen molar-refractivity contribution in [2.24, 2.45) is 0 Å². The summed E-state index contributed by atoms with van der Waals surface area (Å²) in [5, 5.41) is 12.2. The van der Waals surface area contributed by atoms with Gasteiger partial charge in [0.1, 0.15) is 12.4 Å². The molecular formula is C21H16BrNO3. The predicted octanol–water partition coefficient (Wildman–Crippen LogP) is 5.52. The third-order valence-corrected chi connectivity index (χ3v) is 5.22. The van der Waals surface area contributed by atoms with Gasteiger partial charge in [-0.1, -0.05) is 48.5 Å². The van der Waals surface area contributed by atoms with Crippen LogP contribution in [0.15, 0.2) is 71.2 Å². The SMILES string of the molecule is O=C(Nc1cc(O)ccc1Br)OCC1c2ccccc2-c2ccccc21. The van der Waals surface area contributed by atoms with Crippen molar-refractivity contribution in [1.82, 2.24) is 0 Å². The first-order valence-electron chi connectivity index (χ1n) is 8.24. The number of carbonyl (C=O) groups is 1. The van der Waals surface area contributed by atoms with Crippen LogP contribution >= 0.6 is 15.9 Å². The number of carbonyl (C=O) groups excluding carboxylic acids is 1. The van der Waals surface area contributed by atoms with E-state index in [0.717, 1.165) is 0 Å². The molecule has 0 atom stereocenters. The van der Waals surface area contributed by atoms with Gasteiger partial charge >= 0.3 is 6.09 Å². The summed E-state index contributed by atoms with van der Waals surface area (Å²) >= 11 is 3.34. The normalized spacial score (nSPS) is 12.3. The number of hydrogen-bond acceptors (Lipinski definition) is 3. The Morgan fingerprint density at radius 1 is 1.00 bits per heavy atom. The maximum absolute atomic E-state index is 12.2. The molecule has 130 valence electrons. The molecule has 3 aromatic rings. The number of rotatable bonds is 3. The maximum atomic E-state index is 12.2. The highest BCUT2D eigenvalue weighted by molar-refractivity contribution is 9.10. The largest absolute Gasteiger partial charge is 0.508 e. The molecule has 0 saturated heterocycles. The van der Waals surface area contributed by atoms with Crippen molar-refractivity contribution < 1.29 is 14.6 Å². The Balaban J connectivity index is 1.51. The highest BCUT2D eigenvalue weighted by Crippen LogP contribution is 2.44. The Morgan fingerprint density at radius 3 is 2.27 bits per heavy atom. The van der Waals surface area contributed by atoms with E-state index in [1.54, 1.807) is 6.07 Å². The van der Waals surface area contributed by atoms with Gasteiger partial charge in [0.25, 0.3) is 0 Å². The molecule has 0 heterocycles. The summed E-state index contributed by atoms with van der Waals surface area (Å²) < 4.78 is 6.16. The number of ether oxygens (including phenoxy) is 1. The summed E-state index contributed by atoms with van der Waals surface area (Å²) in [5.41, 5.74) is 5.17. The van der Waals surface area contributed by atoms with Gasteiger partial charge in [-0.3, -0.25) is 5.32 Å². The molecule has 0 aromatic heterocycles. The second kappa shape index (κ2) is 6.84. The minimum atomic E-state index is -0.557. The minimum absolute atomic E-state index is 0.0146. The van der Waals surface area contributed by atoms with Crippen molar-refractivity contribution in [2.75, 3.05) is 11.9 Å². The molecule has 0 unspecified atom stereocenters. The molecule has 1 amide bonds. The van der Waals surface area contributed by atoms with Gasteiger partial charge in [0.15, 0.2) is 0 Å². The van der Waals surface area contributed by atoms with Crippen LogP contribution in [0.4, 0.5) is 10.5 Å². The second-order valence-electron chi connectivity index (χ2n) is 6.11. The molecule has 26 heavy (non-hydrogen) atoms. The molecule has 0 spiro atoms. The summed E-state index contributed by atoms with van der Waals surface area (Å²) in [6.07, 6.45) is -0.557. The quantitative estimate of drug-likeness (QED) is 0.598. The molecule has 0 fully saturated rings. The lowest BCUT2D eigenvalue weighted by Crippen LogP contribution is -2.18. The van der Waals surface area contributed by atoms with E-state index in [-0.39, 0.29) is 18.3 Å². The molecule has 1 aliphatic rings. The summed E-state index contributed by atoms with van der Waals surface area (Å²) in [6, 6.07) is 21.0. The molecule has 4 nitrogen and oxygen atoms in total. The number of hydrogen-bond donors (Lipinski definition) is 2. The Morgan fingerprint density at radius 2 is 1.62 bits per heavy atom. The van der Waals surface area contributed by atoms with Gasteiger partial charge in [-0.2, -0.15) is 0 Å². The lowest BCUT2D eigenvalue weighted by Gasteiger charge is -2.15. The van der Waals surface area contributed by atoms with Crippen molar-refractivity contribution in [3.05, 3.63) is 82.3 Å². The van der Waals surface area contributed by atoms with E-state index in [1.807, 2.05) is 24.3 Å². The second-order valence-corrected chi connectivity index (χ2v) is 6.97. The van der Waals surface area contributed by atoms with Crippen LogP contribution in [0, 0.1) is 0 Å². The number of aromatic hydroxyl groups is 1. The standard InChI is InChI=1S/C21H16BrNO3/c22-19-10-9-13(24)11-20(19)23-21(25)26-12-18-16-7-3-1-5-14(16)15-6-2-4-8-17(15)18/h1-11,18,24H,12H2,(H,23,25). The number of halogens is 1. The molecule has 5 heteroatoms. The molecule has 0 saturated carbocycles. The van der Waals surface area contributed by atoms with E-state index in [0.29, 0.717) is 10.2 Å². The van der Waals surface area contributed by atoms with Gasteiger partial charge in [0, 0.05) is 16.5 Å². The van der Waals surface area contributed by atoms with Gasteiger partial charge in [0.05, 0.1) is 5.69 Å².